The number of aromatic nitrogens is 2. The molecule has 38 heavy (non-hydrogen) atoms. The van der Waals surface area contributed by atoms with Crippen LogP contribution in [0.4, 0.5) is 5.82 Å². The van der Waals surface area contributed by atoms with Crippen molar-refractivity contribution < 1.29 is 24.2 Å². The van der Waals surface area contributed by atoms with Crippen LogP contribution in [-0.2, 0) is 15.0 Å². The molecule has 2 amide bonds. The standard InChI is InChI=1S/C29H30N4O5/c1-29(2,3)24-17-25(31-28(37)27(36)23-10-6-8-19-7-4-5-9-22(19)23)33(32-24)20-11-13-21(14-12-20)38-18-26(35)30-15-16-34/h4-14,17,34H,15-16,18H2,1-3H3,(H,30,35)(H,31,37). The fourth-order valence-corrected chi connectivity index (χ4v) is 3.83. The van der Waals surface area contributed by atoms with E-state index in [0.29, 0.717) is 28.2 Å². The van der Waals surface area contributed by atoms with E-state index < -0.39 is 11.7 Å². The normalized spacial score (nSPS) is 11.3. The van der Waals surface area contributed by atoms with Crippen molar-refractivity contribution in [2.45, 2.75) is 26.2 Å². The van der Waals surface area contributed by atoms with E-state index in [1.165, 1.54) is 0 Å². The summed E-state index contributed by atoms with van der Waals surface area (Å²) in [5, 5.41) is 20.3. The highest BCUT2D eigenvalue weighted by Crippen LogP contribution is 2.27. The molecule has 0 fully saturated rings. The maximum absolute atomic E-state index is 13.1. The molecule has 196 valence electrons. The van der Waals surface area contributed by atoms with Gasteiger partial charge in [-0.1, -0.05) is 63.2 Å². The topological polar surface area (TPSA) is 123 Å². The first-order valence-electron chi connectivity index (χ1n) is 12.2. The Labute approximate surface area is 220 Å². The quantitative estimate of drug-likeness (QED) is 0.232. The second-order valence-electron chi connectivity index (χ2n) is 9.74. The number of benzene rings is 3. The highest BCUT2D eigenvalue weighted by molar-refractivity contribution is 6.48. The van der Waals surface area contributed by atoms with Gasteiger partial charge in [0.2, 0.25) is 0 Å². The first-order valence-corrected chi connectivity index (χ1v) is 12.2. The van der Waals surface area contributed by atoms with E-state index in [9.17, 15) is 14.4 Å². The molecule has 1 heterocycles. The highest BCUT2D eigenvalue weighted by Gasteiger charge is 2.24. The van der Waals surface area contributed by atoms with Gasteiger partial charge in [0.25, 0.3) is 17.6 Å². The molecule has 0 saturated heterocycles. The molecule has 3 N–H and O–H groups in total. The molecule has 0 unspecified atom stereocenters. The van der Waals surface area contributed by atoms with Crippen molar-refractivity contribution >= 4 is 34.2 Å². The summed E-state index contributed by atoms with van der Waals surface area (Å²) in [4.78, 5) is 38.0. The first kappa shape index (κ1) is 26.6. The summed E-state index contributed by atoms with van der Waals surface area (Å²) in [6, 6.07) is 21.3. The number of fused-ring (bicyclic) bond motifs is 1. The minimum Gasteiger partial charge on any atom is -0.484 e. The van der Waals surface area contributed by atoms with Crippen LogP contribution in [0.3, 0.4) is 0 Å². The van der Waals surface area contributed by atoms with Gasteiger partial charge in [0.1, 0.15) is 11.6 Å². The average molecular weight is 515 g/mol. The number of nitrogens with one attached hydrogen (secondary N) is 2. The van der Waals surface area contributed by atoms with Crippen molar-refractivity contribution in [3.8, 4) is 11.4 Å². The van der Waals surface area contributed by atoms with Gasteiger partial charge in [-0.3, -0.25) is 14.4 Å². The third-order valence-electron chi connectivity index (χ3n) is 5.85. The van der Waals surface area contributed by atoms with Gasteiger partial charge in [-0.2, -0.15) is 5.10 Å². The fraction of sp³-hybridized carbons (Fsp3) is 0.241. The number of amides is 2. The number of aliphatic hydroxyl groups excluding tert-OH is 1. The van der Waals surface area contributed by atoms with Crippen LogP contribution in [0.25, 0.3) is 16.5 Å². The number of nitrogens with zero attached hydrogens (tertiary/aromatic N) is 2. The molecule has 0 bridgehead atoms. The van der Waals surface area contributed by atoms with E-state index >= 15 is 0 Å². The molecule has 0 atom stereocenters. The predicted molar refractivity (Wildman–Crippen MR) is 145 cm³/mol. The maximum Gasteiger partial charge on any atom is 0.297 e. The fourth-order valence-electron chi connectivity index (χ4n) is 3.83. The first-order chi connectivity index (χ1) is 18.2. The average Bonchev–Trinajstić information content (AvgIpc) is 3.34. The zero-order valence-corrected chi connectivity index (χ0v) is 21.5. The Kier molecular flexibility index (Phi) is 7.87. The number of hydrogen-bond donors (Lipinski definition) is 3. The number of ether oxygens (including phenoxy) is 1. The van der Waals surface area contributed by atoms with Crippen molar-refractivity contribution in [1.29, 1.82) is 0 Å². The van der Waals surface area contributed by atoms with E-state index in [0.717, 1.165) is 11.1 Å². The molecule has 1 aromatic heterocycles. The summed E-state index contributed by atoms with van der Waals surface area (Å²) in [5.41, 5.74) is 1.37. The molecular formula is C29H30N4O5. The molecule has 0 saturated carbocycles. The van der Waals surface area contributed by atoms with Gasteiger partial charge in [-0.05, 0) is 35.0 Å². The third-order valence-corrected chi connectivity index (χ3v) is 5.85. The molecular weight excluding hydrogens is 484 g/mol. The number of aliphatic hydroxyl groups is 1. The maximum atomic E-state index is 13.1. The predicted octanol–water partition coefficient (Wildman–Crippen LogP) is 3.63. The zero-order chi connectivity index (χ0) is 27.3. The number of carbonyl (C=O) groups excluding carboxylic acids is 3. The Hall–Kier alpha value is -4.50. The molecule has 4 aromatic rings. The lowest BCUT2D eigenvalue weighted by Crippen LogP contribution is -2.31. The second kappa shape index (κ2) is 11.3. The minimum atomic E-state index is -0.767. The van der Waals surface area contributed by atoms with Crippen LogP contribution in [0.2, 0.25) is 0 Å². The van der Waals surface area contributed by atoms with Gasteiger partial charge in [-0.25, -0.2) is 4.68 Å². The Balaban J connectivity index is 1.57. The van der Waals surface area contributed by atoms with Crippen LogP contribution in [0, 0.1) is 0 Å². The summed E-state index contributed by atoms with van der Waals surface area (Å²) in [5.74, 6) is -0.934. The molecule has 9 nitrogen and oxygen atoms in total. The van der Waals surface area contributed by atoms with Gasteiger partial charge in [0.05, 0.1) is 18.0 Å². The van der Waals surface area contributed by atoms with Crippen LogP contribution in [0.5, 0.6) is 5.75 Å². The van der Waals surface area contributed by atoms with Gasteiger partial charge in [0.15, 0.2) is 6.61 Å². The summed E-state index contributed by atoms with van der Waals surface area (Å²) in [6.07, 6.45) is 0. The largest absolute Gasteiger partial charge is 0.484 e. The number of Topliss-reactive ketones (excluding diaryl/α,β-unsaturated/α-hetero) is 1. The van der Waals surface area contributed by atoms with E-state index in [2.05, 4.69) is 15.7 Å². The number of rotatable bonds is 9. The number of ketones is 1. The van der Waals surface area contributed by atoms with Crippen LogP contribution in [0.15, 0.2) is 72.8 Å². The monoisotopic (exact) mass is 514 g/mol. The Morgan fingerprint density at radius 1 is 0.974 bits per heavy atom. The SMILES string of the molecule is CC(C)(C)c1cc(NC(=O)C(=O)c2cccc3ccccc23)n(-c2ccc(OCC(=O)NCCO)cc2)n1. The Morgan fingerprint density at radius 3 is 2.39 bits per heavy atom. The minimum absolute atomic E-state index is 0.146. The van der Waals surface area contributed by atoms with Gasteiger partial charge < -0.3 is 20.5 Å². The smallest absolute Gasteiger partial charge is 0.297 e. The molecule has 0 aliphatic carbocycles. The Morgan fingerprint density at radius 2 is 1.68 bits per heavy atom. The van der Waals surface area contributed by atoms with E-state index in [1.807, 2.05) is 51.1 Å². The van der Waals surface area contributed by atoms with Crippen molar-refractivity contribution in [2.24, 2.45) is 0 Å². The lowest BCUT2D eigenvalue weighted by molar-refractivity contribution is -0.123. The summed E-state index contributed by atoms with van der Waals surface area (Å²) < 4.78 is 7.05. The molecule has 0 radical (unpaired) electrons. The van der Waals surface area contributed by atoms with E-state index in [4.69, 9.17) is 9.84 Å². The van der Waals surface area contributed by atoms with E-state index in [-0.39, 0.29) is 31.1 Å². The van der Waals surface area contributed by atoms with Crippen molar-refractivity contribution in [3.63, 3.8) is 0 Å². The van der Waals surface area contributed by atoms with E-state index in [1.54, 1.807) is 47.1 Å². The summed E-state index contributed by atoms with van der Waals surface area (Å²) >= 11 is 0. The second-order valence-corrected chi connectivity index (χ2v) is 9.74. The molecule has 0 aliphatic heterocycles. The van der Waals surface area contributed by atoms with Crippen molar-refractivity contribution in [3.05, 3.63) is 84.1 Å². The Bertz CT molecular complexity index is 1460. The molecule has 3 aromatic carbocycles. The van der Waals surface area contributed by atoms with Gasteiger partial charge in [-0.15, -0.1) is 0 Å². The van der Waals surface area contributed by atoms with Crippen LogP contribution >= 0.6 is 0 Å². The number of carbonyl (C=O) groups is 3. The number of anilines is 1. The van der Waals surface area contributed by atoms with Crippen LogP contribution in [0.1, 0.15) is 36.8 Å². The highest BCUT2D eigenvalue weighted by atomic mass is 16.5. The third kappa shape index (κ3) is 6.07. The van der Waals surface area contributed by atoms with Crippen molar-refractivity contribution in [2.75, 3.05) is 25.1 Å². The molecule has 9 heteroatoms. The summed E-state index contributed by atoms with van der Waals surface area (Å²) in [6.45, 7) is 5.84. The van der Waals surface area contributed by atoms with Gasteiger partial charge >= 0.3 is 0 Å². The van der Waals surface area contributed by atoms with Crippen molar-refractivity contribution in [1.82, 2.24) is 15.1 Å². The zero-order valence-electron chi connectivity index (χ0n) is 21.5. The lowest BCUT2D eigenvalue weighted by Gasteiger charge is -2.14. The number of hydrogen-bond acceptors (Lipinski definition) is 6. The molecule has 0 aliphatic rings. The molecule has 4 rings (SSSR count). The van der Waals surface area contributed by atoms with Crippen LogP contribution < -0.4 is 15.4 Å². The lowest BCUT2D eigenvalue weighted by atomic mass is 9.92. The van der Waals surface area contributed by atoms with Gasteiger partial charge in [0, 0.05) is 23.6 Å². The summed E-state index contributed by atoms with van der Waals surface area (Å²) in [7, 11) is 0. The molecule has 0 spiro atoms. The van der Waals surface area contributed by atoms with Crippen LogP contribution in [-0.4, -0.2) is 52.2 Å².